The van der Waals surface area contributed by atoms with Crippen LogP contribution in [0, 0.1) is 5.82 Å². The maximum absolute atomic E-state index is 14.1. The van der Waals surface area contributed by atoms with E-state index >= 15 is 0 Å². The highest BCUT2D eigenvalue weighted by atomic mass is 35.5. The standard InChI is InChI=1S/C15H10ClFN4O/c16-14-4-2-11(8-19-14)20-15(22)10-1-3-13(12(17)7-10)21-6-5-18-9-21/h1-9H,(H,20,22). The summed E-state index contributed by atoms with van der Waals surface area (Å²) < 4.78 is 15.6. The van der Waals surface area contributed by atoms with Crippen molar-refractivity contribution < 1.29 is 9.18 Å². The first-order chi connectivity index (χ1) is 10.6. The van der Waals surface area contributed by atoms with Gasteiger partial charge in [0.15, 0.2) is 0 Å². The van der Waals surface area contributed by atoms with E-state index in [0.717, 1.165) is 0 Å². The minimum atomic E-state index is -0.514. The normalized spacial score (nSPS) is 10.5. The quantitative estimate of drug-likeness (QED) is 0.754. The molecule has 3 rings (SSSR count). The molecule has 0 fully saturated rings. The number of carbonyl (C=O) groups is 1. The third-order valence-corrected chi connectivity index (χ3v) is 3.20. The van der Waals surface area contributed by atoms with Crippen molar-refractivity contribution >= 4 is 23.2 Å². The highest BCUT2D eigenvalue weighted by molar-refractivity contribution is 6.29. The second-order valence-electron chi connectivity index (χ2n) is 4.46. The fourth-order valence-corrected chi connectivity index (χ4v) is 2.02. The van der Waals surface area contributed by atoms with E-state index < -0.39 is 11.7 Å². The topological polar surface area (TPSA) is 59.8 Å². The van der Waals surface area contributed by atoms with Gasteiger partial charge < -0.3 is 9.88 Å². The van der Waals surface area contributed by atoms with Crippen LogP contribution in [0.15, 0.2) is 55.2 Å². The largest absolute Gasteiger partial charge is 0.321 e. The van der Waals surface area contributed by atoms with Gasteiger partial charge in [-0.25, -0.2) is 14.4 Å². The van der Waals surface area contributed by atoms with E-state index in [0.29, 0.717) is 16.5 Å². The van der Waals surface area contributed by atoms with E-state index in [4.69, 9.17) is 11.6 Å². The fraction of sp³-hybridized carbons (Fsp3) is 0. The maximum Gasteiger partial charge on any atom is 0.255 e. The fourth-order valence-electron chi connectivity index (χ4n) is 1.91. The summed E-state index contributed by atoms with van der Waals surface area (Å²) in [5, 5.41) is 2.95. The molecule has 22 heavy (non-hydrogen) atoms. The van der Waals surface area contributed by atoms with Crippen LogP contribution in [0.25, 0.3) is 5.69 Å². The zero-order valence-corrected chi connectivity index (χ0v) is 12.0. The van der Waals surface area contributed by atoms with E-state index in [9.17, 15) is 9.18 Å². The van der Waals surface area contributed by atoms with E-state index in [-0.39, 0.29) is 5.56 Å². The van der Waals surface area contributed by atoms with Crippen molar-refractivity contribution in [1.82, 2.24) is 14.5 Å². The van der Waals surface area contributed by atoms with E-state index in [2.05, 4.69) is 15.3 Å². The lowest BCUT2D eigenvalue weighted by Gasteiger charge is -2.08. The Balaban J connectivity index is 1.81. The second-order valence-corrected chi connectivity index (χ2v) is 4.85. The third kappa shape index (κ3) is 2.96. The number of hydrogen-bond acceptors (Lipinski definition) is 3. The van der Waals surface area contributed by atoms with Crippen LogP contribution in [0.5, 0.6) is 0 Å². The van der Waals surface area contributed by atoms with Gasteiger partial charge in [-0.1, -0.05) is 11.6 Å². The van der Waals surface area contributed by atoms with Crippen LogP contribution in [0.4, 0.5) is 10.1 Å². The smallest absolute Gasteiger partial charge is 0.255 e. The zero-order chi connectivity index (χ0) is 15.5. The summed E-state index contributed by atoms with van der Waals surface area (Å²) in [6, 6.07) is 7.40. The number of anilines is 1. The van der Waals surface area contributed by atoms with Gasteiger partial charge in [0.2, 0.25) is 0 Å². The van der Waals surface area contributed by atoms with Gasteiger partial charge >= 0.3 is 0 Å². The zero-order valence-electron chi connectivity index (χ0n) is 11.2. The molecule has 0 aliphatic heterocycles. The number of hydrogen-bond donors (Lipinski definition) is 1. The van der Waals surface area contributed by atoms with Crippen molar-refractivity contribution in [1.29, 1.82) is 0 Å². The van der Waals surface area contributed by atoms with Crippen molar-refractivity contribution in [3.8, 4) is 5.69 Å². The molecule has 0 unspecified atom stereocenters. The average molecular weight is 317 g/mol. The molecule has 0 saturated heterocycles. The number of imidazole rings is 1. The van der Waals surface area contributed by atoms with Crippen LogP contribution >= 0.6 is 11.6 Å². The van der Waals surface area contributed by atoms with Gasteiger partial charge in [0.1, 0.15) is 11.0 Å². The Kier molecular flexibility index (Phi) is 3.84. The van der Waals surface area contributed by atoms with Crippen molar-refractivity contribution in [3.05, 3.63) is 71.8 Å². The van der Waals surface area contributed by atoms with Crippen LogP contribution in [0.3, 0.4) is 0 Å². The summed E-state index contributed by atoms with van der Waals surface area (Å²) in [5.41, 5.74) is 1.01. The lowest BCUT2D eigenvalue weighted by Crippen LogP contribution is -2.12. The van der Waals surface area contributed by atoms with Crippen LogP contribution in [0.2, 0.25) is 5.15 Å². The first-order valence-electron chi connectivity index (χ1n) is 6.34. The van der Waals surface area contributed by atoms with Gasteiger partial charge in [-0.15, -0.1) is 0 Å². The summed E-state index contributed by atoms with van der Waals surface area (Å²) in [6.45, 7) is 0. The number of carbonyl (C=O) groups excluding carboxylic acids is 1. The van der Waals surface area contributed by atoms with Gasteiger partial charge in [-0.05, 0) is 30.3 Å². The number of nitrogens with zero attached hydrogens (tertiary/aromatic N) is 3. The predicted molar refractivity (Wildman–Crippen MR) is 80.7 cm³/mol. The molecule has 0 aliphatic carbocycles. The summed E-state index contributed by atoms with van der Waals surface area (Å²) in [4.78, 5) is 19.8. The third-order valence-electron chi connectivity index (χ3n) is 2.98. The Bertz CT molecular complexity index is 803. The van der Waals surface area contributed by atoms with Gasteiger partial charge in [0.25, 0.3) is 5.91 Å². The Morgan fingerprint density at radius 3 is 2.77 bits per heavy atom. The molecule has 0 spiro atoms. The number of amides is 1. The van der Waals surface area contributed by atoms with Gasteiger partial charge in [-0.3, -0.25) is 4.79 Å². The van der Waals surface area contributed by atoms with Crippen molar-refractivity contribution in [2.75, 3.05) is 5.32 Å². The Labute approximate surface area is 130 Å². The molecule has 1 aromatic carbocycles. The number of nitrogens with one attached hydrogen (secondary N) is 1. The number of halogens is 2. The molecule has 2 aromatic heterocycles. The molecule has 0 aliphatic rings. The van der Waals surface area contributed by atoms with Gasteiger partial charge in [0, 0.05) is 18.0 Å². The molecule has 0 atom stereocenters. The SMILES string of the molecule is O=C(Nc1ccc(Cl)nc1)c1ccc(-n2ccnc2)c(F)c1. The summed E-state index contributed by atoms with van der Waals surface area (Å²) in [6.07, 6.45) is 6.08. The molecule has 1 N–H and O–H groups in total. The van der Waals surface area contributed by atoms with E-state index in [1.165, 1.54) is 35.3 Å². The van der Waals surface area contributed by atoms with Crippen LogP contribution in [0.1, 0.15) is 10.4 Å². The van der Waals surface area contributed by atoms with Crippen LogP contribution in [-0.2, 0) is 0 Å². The first-order valence-corrected chi connectivity index (χ1v) is 6.72. The van der Waals surface area contributed by atoms with Crippen molar-refractivity contribution in [2.45, 2.75) is 0 Å². The molecule has 110 valence electrons. The number of pyridine rings is 1. The van der Waals surface area contributed by atoms with Gasteiger partial charge in [-0.2, -0.15) is 0 Å². The number of aromatic nitrogens is 3. The maximum atomic E-state index is 14.1. The van der Waals surface area contributed by atoms with Crippen LogP contribution in [-0.4, -0.2) is 20.4 Å². The Morgan fingerprint density at radius 1 is 1.27 bits per heavy atom. The minimum absolute atomic E-state index is 0.205. The first kappa shape index (κ1) is 14.2. The Morgan fingerprint density at radius 2 is 2.14 bits per heavy atom. The minimum Gasteiger partial charge on any atom is -0.321 e. The van der Waals surface area contributed by atoms with E-state index in [1.807, 2.05) is 0 Å². The summed E-state index contributed by atoms with van der Waals surface area (Å²) >= 11 is 5.67. The molecule has 2 heterocycles. The lowest BCUT2D eigenvalue weighted by molar-refractivity contribution is 0.102. The predicted octanol–water partition coefficient (Wildman–Crippen LogP) is 3.31. The average Bonchev–Trinajstić information content (AvgIpc) is 3.03. The number of rotatable bonds is 3. The molecule has 1 amide bonds. The molecule has 0 radical (unpaired) electrons. The highest BCUT2D eigenvalue weighted by Crippen LogP contribution is 2.16. The van der Waals surface area contributed by atoms with Gasteiger partial charge in [0.05, 0.1) is 23.9 Å². The summed E-state index contributed by atoms with van der Waals surface area (Å²) in [7, 11) is 0. The summed E-state index contributed by atoms with van der Waals surface area (Å²) in [5.74, 6) is -0.944. The molecular formula is C15H10ClFN4O. The highest BCUT2D eigenvalue weighted by Gasteiger charge is 2.11. The molecular weight excluding hydrogens is 307 g/mol. The van der Waals surface area contributed by atoms with Crippen LogP contribution < -0.4 is 5.32 Å². The second kappa shape index (κ2) is 5.95. The molecule has 0 saturated carbocycles. The Hall–Kier alpha value is -2.73. The molecule has 7 heteroatoms. The molecule has 3 aromatic rings. The van der Waals surface area contributed by atoms with E-state index in [1.54, 1.807) is 24.5 Å². The molecule has 5 nitrogen and oxygen atoms in total. The lowest BCUT2D eigenvalue weighted by atomic mass is 10.1. The number of benzene rings is 1. The monoisotopic (exact) mass is 316 g/mol. The molecule has 0 bridgehead atoms. The van der Waals surface area contributed by atoms with Crippen molar-refractivity contribution in [2.24, 2.45) is 0 Å². The van der Waals surface area contributed by atoms with Crippen molar-refractivity contribution in [3.63, 3.8) is 0 Å².